The van der Waals surface area contributed by atoms with Gasteiger partial charge in [-0.15, -0.1) is 0 Å². The van der Waals surface area contributed by atoms with Gasteiger partial charge in [-0.25, -0.2) is 14.4 Å². The van der Waals surface area contributed by atoms with Crippen LogP contribution < -0.4 is 21.3 Å². The van der Waals surface area contributed by atoms with Crippen molar-refractivity contribution in [3.8, 4) is 0 Å². The molecular formula is C32H59N7O9. The van der Waals surface area contributed by atoms with Crippen molar-refractivity contribution >= 4 is 35.6 Å². The van der Waals surface area contributed by atoms with Gasteiger partial charge in [0, 0.05) is 52.4 Å². The molecule has 1 fully saturated rings. The molecule has 0 unspecified atom stereocenters. The van der Waals surface area contributed by atoms with E-state index in [0.717, 1.165) is 0 Å². The van der Waals surface area contributed by atoms with E-state index in [2.05, 4.69) is 21.3 Å². The number of carboxylic acids is 3. The first-order valence-corrected chi connectivity index (χ1v) is 16.9. The molecule has 1 aliphatic rings. The number of carbonyl (C=O) groups excluding carboxylic acids is 3. The average Bonchev–Trinajstić information content (AvgIpc) is 2.95. The number of nitrogens with zero attached hydrogens (tertiary/aromatic N) is 3. The third kappa shape index (κ3) is 18.9. The summed E-state index contributed by atoms with van der Waals surface area (Å²) in [6.07, 6.45) is 0.855. The third-order valence-electron chi connectivity index (χ3n) is 7.80. The summed E-state index contributed by atoms with van der Waals surface area (Å²) in [5.41, 5.74) is 0. The summed E-state index contributed by atoms with van der Waals surface area (Å²) >= 11 is 0. The standard InChI is InChI=1S/C32H59N7O9/c1-21(2)15-24(30(43)44)34-27(40)18-37-9-7-33-8-10-38(19-28(41)35-25(31(45)46)16-22(3)4)12-14-39(13-11-37)20-29(42)36-26(32(47)48)17-23(5)6/h21-26,33H,7-20H2,1-6H3,(H,34,40)(H,35,41)(H,36,42)(H,43,44)(H,45,46)(H,47,48)/t24-,25-,26-/m0/s1. The molecule has 1 aliphatic heterocycles. The molecule has 48 heavy (non-hydrogen) atoms. The molecule has 0 radical (unpaired) electrons. The predicted molar refractivity (Wildman–Crippen MR) is 179 cm³/mol. The molecule has 16 nitrogen and oxygen atoms in total. The Morgan fingerprint density at radius 1 is 0.500 bits per heavy atom. The molecule has 1 heterocycles. The van der Waals surface area contributed by atoms with E-state index in [1.807, 2.05) is 56.2 Å². The van der Waals surface area contributed by atoms with E-state index in [9.17, 15) is 44.1 Å². The molecular weight excluding hydrogens is 626 g/mol. The Bertz CT molecular complexity index is 999. The third-order valence-corrected chi connectivity index (χ3v) is 7.80. The van der Waals surface area contributed by atoms with Gasteiger partial charge in [0.2, 0.25) is 17.7 Å². The summed E-state index contributed by atoms with van der Waals surface area (Å²) in [6.45, 7) is 14.3. The molecule has 0 aliphatic carbocycles. The van der Waals surface area contributed by atoms with Crippen LogP contribution in [0.2, 0.25) is 0 Å². The van der Waals surface area contributed by atoms with E-state index in [1.54, 1.807) is 0 Å². The lowest BCUT2D eigenvalue weighted by molar-refractivity contribution is -0.143. The fourth-order valence-corrected chi connectivity index (χ4v) is 5.38. The highest BCUT2D eigenvalue weighted by molar-refractivity contribution is 5.86. The van der Waals surface area contributed by atoms with E-state index >= 15 is 0 Å². The predicted octanol–water partition coefficient (Wildman–Crippen LogP) is -0.658. The van der Waals surface area contributed by atoms with Gasteiger partial charge >= 0.3 is 17.9 Å². The van der Waals surface area contributed by atoms with E-state index in [4.69, 9.17) is 0 Å². The number of carboxylic acid groups (broad SMARTS) is 3. The fraction of sp³-hybridized carbons (Fsp3) is 0.812. The number of amides is 3. The SMILES string of the molecule is CC(C)C[C@H](NC(=O)CN1CCNCCN(CC(=O)N[C@@H](CC(C)C)C(=O)O)CCN(CC(=O)N[C@@H](CC(C)C)C(=O)O)CC1)C(=O)O. The Labute approximate surface area is 284 Å². The quantitative estimate of drug-likeness (QED) is 0.0954. The molecule has 0 aromatic carbocycles. The highest BCUT2D eigenvalue weighted by Crippen LogP contribution is 2.08. The van der Waals surface area contributed by atoms with E-state index < -0.39 is 53.8 Å². The molecule has 3 atom stereocenters. The summed E-state index contributed by atoms with van der Waals surface area (Å²) in [7, 11) is 0. The number of hydrogen-bond donors (Lipinski definition) is 7. The largest absolute Gasteiger partial charge is 0.480 e. The van der Waals surface area contributed by atoms with Crippen LogP contribution in [0.3, 0.4) is 0 Å². The van der Waals surface area contributed by atoms with Crippen LogP contribution >= 0.6 is 0 Å². The number of rotatable bonds is 18. The Morgan fingerprint density at radius 2 is 0.750 bits per heavy atom. The fourth-order valence-electron chi connectivity index (χ4n) is 5.38. The first-order valence-electron chi connectivity index (χ1n) is 16.9. The maximum Gasteiger partial charge on any atom is 0.326 e. The van der Waals surface area contributed by atoms with E-state index in [0.29, 0.717) is 65.2 Å². The maximum atomic E-state index is 13.1. The van der Waals surface area contributed by atoms with Crippen LogP contribution in [0.25, 0.3) is 0 Å². The van der Waals surface area contributed by atoms with Crippen molar-refractivity contribution in [2.75, 3.05) is 72.0 Å². The van der Waals surface area contributed by atoms with Gasteiger partial charge in [-0.1, -0.05) is 41.5 Å². The highest BCUT2D eigenvalue weighted by atomic mass is 16.4. The lowest BCUT2D eigenvalue weighted by Gasteiger charge is -2.31. The van der Waals surface area contributed by atoms with Crippen molar-refractivity contribution in [3.63, 3.8) is 0 Å². The maximum absolute atomic E-state index is 13.1. The lowest BCUT2D eigenvalue weighted by atomic mass is 10.0. The van der Waals surface area contributed by atoms with Crippen molar-refractivity contribution in [1.29, 1.82) is 0 Å². The zero-order valence-corrected chi connectivity index (χ0v) is 29.5. The van der Waals surface area contributed by atoms with Crippen LogP contribution in [0.4, 0.5) is 0 Å². The van der Waals surface area contributed by atoms with Crippen molar-refractivity contribution in [2.45, 2.75) is 78.9 Å². The summed E-state index contributed by atoms with van der Waals surface area (Å²) in [5, 5.41) is 39.9. The zero-order chi connectivity index (χ0) is 36.4. The molecule has 1 rings (SSSR count). The average molecular weight is 686 g/mol. The monoisotopic (exact) mass is 685 g/mol. The molecule has 0 saturated carbocycles. The lowest BCUT2D eigenvalue weighted by Crippen LogP contribution is -2.52. The van der Waals surface area contributed by atoms with Crippen molar-refractivity contribution < 1.29 is 44.1 Å². The van der Waals surface area contributed by atoms with Crippen LogP contribution in [0, 0.1) is 17.8 Å². The minimum Gasteiger partial charge on any atom is -0.480 e. The molecule has 1 saturated heterocycles. The van der Waals surface area contributed by atoms with Crippen LogP contribution in [0.5, 0.6) is 0 Å². The Hall–Kier alpha value is -3.34. The highest BCUT2D eigenvalue weighted by Gasteiger charge is 2.26. The summed E-state index contributed by atoms with van der Waals surface area (Å²) in [6, 6.07) is -3.05. The molecule has 16 heteroatoms. The Kier molecular flexibility index (Phi) is 19.9. The first-order chi connectivity index (χ1) is 22.5. The zero-order valence-electron chi connectivity index (χ0n) is 29.5. The van der Waals surface area contributed by atoms with E-state index in [1.165, 1.54) is 0 Å². The molecule has 276 valence electrons. The second-order valence-electron chi connectivity index (χ2n) is 13.8. The van der Waals surface area contributed by atoms with Crippen LogP contribution in [-0.2, 0) is 28.8 Å². The second kappa shape index (κ2) is 22.3. The first kappa shape index (κ1) is 42.7. The molecule has 0 aromatic heterocycles. The molecule has 0 aromatic rings. The number of hydrogen-bond acceptors (Lipinski definition) is 10. The van der Waals surface area contributed by atoms with Crippen LogP contribution in [0.1, 0.15) is 60.8 Å². The van der Waals surface area contributed by atoms with Gasteiger partial charge in [-0.05, 0) is 37.0 Å². The number of nitrogens with one attached hydrogen (secondary N) is 4. The van der Waals surface area contributed by atoms with Crippen molar-refractivity contribution in [2.24, 2.45) is 17.8 Å². The van der Waals surface area contributed by atoms with Gasteiger partial charge < -0.3 is 36.6 Å². The number of carbonyl (C=O) groups is 6. The molecule has 0 spiro atoms. The molecule has 7 N–H and O–H groups in total. The summed E-state index contributed by atoms with van der Waals surface area (Å²) < 4.78 is 0. The minimum absolute atomic E-state index is 0.0450. The van der Waals surface area contributed by atoms with Gasteiger partial charge in [-0.3, -0.25) is 29.1 Å². The Balaban J connectivity index is 3.08. The van der Waals surface area contributed by atoms with Gasteiger partial charge in [-0.2, -0.15) is 0 Å². The molecule has 3 amide bonds. The smallest absolute Gasteiger partial charge is 0.326 e. The van der Waals surface area contributed by atoms with Crippen LogP contribution in [0.15, 0.2) is 0 Å². The molecule has 0 bridgehead atoms. The van der Waals surface area contributed by atoms with Gasteiger partial charge in [0.05, 0.1) is 19.6 Å². The van der Waals surface area contributed by atoms with Gasteiger partial charge in [0.15, 0.2) is 0 Å². The number of aliphatic carboxylic acids is 3. The minimum atomic E-state index is -1.12. The van der Waals surface area contributed by atoms with Crippen LogP contribution in [-0.4, -0.2) is 156 Å². The van der Waals surface area contributed by atoms with Gasteiger partial charge in [0.25, 0.3) is 0 Å². The summed E-state index contributed by atoms with van der Waals surface area (Å²) in [4.78, 5) is 79.5. The normalized spacial score (nSPS) is 17.9. The summed E-state index contributed by atoms with van der Waals surface area (Å²) in [5.74, 6) is -4.45. The van der Waals surface area contributed by atoms with Gasteiger partial charge in [0.1, 0.15) is 18.1 Å². The topological polar surface area (TPSA) is 221 Å². The second-order valence-corrected chi connectivity index (χ2v) is 13.8. The Morgan fingerprint density at radius 3 is 0.979 bits per heavy atom. The van der Waals surface area contributed by atoms with Crippen molar-refractivity contribution in [3.05, 3.63) is 0 Å². The van der Waals surface area contributed by atoms with Crippen molar-refractivity contribution in [1.82, 2.24) is 36.0 Å². The van der Waals surface area contributed by atoms with E-state index in [-0.39, 0.29) is 43.8 Å².